The molecular weight excluding hydrogens is 364 g/mol. The fourth-order valence-corrected chi connectivity index (χ4v) is 2.87. The van der Waals surface area contributed by atoms with Gasteiger partial charge in [-0.15, -0.1) is 0 Å². The molecule has 0 bridgehead atoms. The van der Waals surface area contributed by atoms with Gasteiger partial charge in [0.1, 0.15) is 17.8 Å². The highest BCUT2D eigenvalue weighted by molar-refractivity contribution is 6.08. The number of hydrogen-bond acceptors (Lipinski definition) is 5. The summed E-state index contributed by atoms with van der Waals surface area (Å²) in [6, 6.07) is 6.33. The molecule has 0 spiro atoms. The minimum absolute atomic E-state index is 0.197. The van der Waals surface area contributed by atoms with Crippen molar-refractivity contribution >= 4 is 29.4 Å². The molecule has 0 saturated carbocycles. The van der Waals surface area contributed by atoms with Crippen molar-refractivity contribution in [2.24, 2.45) is 0 Å². The molecule has 152 valence electrons. The maximum Gasteiger partial charge on any atom is 0.325 e. The van der Waals surface area contributed by atoms with Crippen LogP contribution in [0.4, 0.5) is 10.5 Å². The van der Waals surface area contributed by atoms with Gasteiger partial charge in [-0.3, -0.25) is 19.3 Å². The van der Waals surface area contributed by atoms with Crippen molar-refractivity contribution in [2.45, 2.75) is 32.7 Å². The van der Waals surface area contributed by atoms with E-state index in [1.807, 2.05) is 6.92 Å². The van der Waals surface area contributed by atoms with Crippen LogP contribution in [-0.4, -0.2) is 65.8 Å². The molecule has 1 aliphatic rings. The van der Waals surface area contributed by atoms with E-state index in [9.17, 15) is 19.2 Å². The Morgan fingerprint density at radius 2 is 1.93 bits per heavy atom. The van der Waals surface area contributed by atoms with Crippen LogP contribution in [0.3, 0.4) is 0 Å². The molecule has 1 aromatic carbocycles. The van der Waals surface area contributed by atoms with Gasteiger partial charge in [-0.25, -0.2) is 4.79 Å². The van der Waals surface area contributed by atoms with E-state index in [-0.39, 0.29) is 6.54 Å². The number of imide groups is 1. The predicted molar refractivity (Wildman–Crippen MR) is 103 cm³/mol. The van der Waals surface area contributed by atoms with Crippen molar-refractivity contribution < 1.29 is 23.9 Å². The second-order valence-corrected chi connectivity index (χ2v) is 7.01. The lowest BCUT2D eigenvalue weighted by Crippen LogP contribution is -2.46. The highest BCUT2D eigenvalue weighted by Gasteiger charge is 2.45. The molecule has 0 unspecified atom stereocenters. The molecule has 0 aromatic heterocycles. The fourth-order valence-electron chi connectivity index (χ4n) is 2.87. The summed E-state index contributed by atoms with van der Waals surface area (Å²) < 4.78 is 5.19. The maximum atomic E-state index is 12.6. The molecule has 1 fully saturated rings. The van der Waals surface area contributed by atoms with Gasteiger partial charge < -0.3 is 20.3 Å². The number of methoxy groups -OCH3 is 1. The number of benzene rings is 1. The van der Waals surface area contributed by atoms with Gasteiger partial charge in [0.2, 0.25) is 11.8 Å². The van der Waals surface area contributed by atoms with Crippen LogP contribution in [0, 0.1) is 0 Å². The molecule has 2 N–H and O–H groups in total. The van der Waals surface area contributed by atoms with Crippen molar-refractivity contribution in [3.63, 3.8) is 0 Å². The number of ether oxygens (including phenoxy) is 1. The van der Waals surface area contributed by atoms with E-state index in [1.54, 1.807) is 38.1 Å². The average molecular weight is 390 g/mol. The zero-order valence-corrected chi connectivity index (χ0v) is 16.6. The summed E-state index contributed by atoms with van der Waals surface area (Å²) in [6.45, 7) is 4.73. The molecule has 1 aliphatic heterocycles. The molecule has 0 aliphatic carbocycles. The summed E-state index contributed by atoms with van der Waals surface area (Å²) in [5, 5.41) is 5.24. The van der Waals surface area contributed by atoms with Gasteiger partial charge in [0.05, 0.1) is 19.3 Å². The van der Waals surface area contributed by atoms with E-state index >= 15 is 0 Å². The largest absolute Gasteiger partial charge is 0.495 e. The van der Waals surface area contributed by atoms with E-state index in [4.69, 9.17) is 4.74 Å². The van der Waals surface area contributed by atoms with Crippen LogP contribution in [0.2, 0.25) is 0 Å². The highest BCUT2D eigenvalue weighted by Crippen LogP contribution is 2.23. The summed E-state index contributed by atoms with van der Waals surface area (Å²) in [7, 11) is 1.50. The van der Waals surface area contributed by atoms with Crippen LogP contribution >= 0.6 is 0 Å². The Bertz CT molecular complexity index is 777. The molecule has 28 heavy (non-hydrogen) atoms. The van der Waals surface area contributed by atoms with Crippen molar-refractivity contribution in [1.82, 2.24) is 15.1 Å². The zero-order chi connectivity index (χ0) is 20.9. The first-order valence-corrected chi connectivity index (χ1v) is 9.04. The SMILES string of the molecule is CCCN(CC(=O)Nc1ccccc1OC)C(=O)CN1C(=O)NC(C)(C)C1=O. The Kier molecular flexibility index (Phi) is 6.61. The molecule has 0 radical (unpaired) electrons. The number of urea groups is 1. The van der Waals surface area contributed by atoms with Crippen molar-refractivity contribution in [2.75, 3.05) is 32.1 Å². The fraction of sp³-hybridized carbons (Fsp3) is 0.474. The lowest BCUT2D eigenvalue weighted by atomic mass is 10.1. The zero-order valence-electron chi connectivity index (χ0n) is 16.6. The number of nitrogens with one attached hydrogen (secondary N) is 2. The summed E-state index contributed by atoms with van der Waals surface area (Å²) in [4.78, 5) is 51.5. The van der Waals surface area contributed by atoms with E-state index in [0.29, 0.717) is 24.4 Å². The number of carbonyl (C=O) groups excluding carboxylic acids is 4. The van der Waals surface area contributed by atoms with Crippen LogP contribution in [0.5, 0.6) is 5.75 Å². The van der Waals surface area contributed by atoms with Crippen LogP contribution in [0.25, 0.3) is 0 Å². The standard InChI is InChI=1S/C19H26N4O5/c1-5-10-22(11-15(24)20-13-8-6-7-9-14(13)28-4)16(25)12-23-17(26)19(2,3)21-18(23)27/h6-9H,5,10-12H2,1-4H3,(H,20,24)(H,21,27). The molecule has 1 aromatic rings. The third kappa shape index (κ3) is 4.79. The van der Waals surface area contributed by atoms with Crippen molar-refractivity contribution in [3.8, 4) is 5.75 Å². The van der Waals surface area contributed by atoms with Gasteiger partial charge in [-0.05, 0) is 32.4 Å². The summed E-state index contributed by atoms with van der Waals surface area (Å²) in [6.07, 6.45) is 0.624. The number of amides is 5. The van der Waals surface area contributed by atoms with Crippen LogP contribution in [0.15, 0.2) is 24.3 Å². The molecule has 9 heteroatoms. The van der Waals surface area contributed by atoms with Crippen LogP contribution in [-0.2, 0) is 14.4 Å². The Hall–Kier alpha value is -3.10. The molecule has 0 atom stereocenters. The smallest absolute Gasteiger partial charge is 0.325 e. The van der Waals surface area contributed by atoms with Gasteiger partial charge in [0, 0.05) is 6.54 Å². The minimum Gasteiger partial charge on any atom is -0.495 e. The summed E-state index contributed by atoms with van der Waals surface area (Å²) >= 11 is 0. The number of carbonyl (C=O) groups is 4. The topological polar surface area (TPSA) is 108 Å². The lowest BCUT2D eigenvalue weighted by molar-refractivity contribution is -0.139. The molecule has 2 rings (SSSR count). The third-order valence-corrected chi connectivity index (χ3v) is 4.30. The van der Waals surface area contributed by atoms with Gasteiger partial charge in [0.15, 0.2) is 0 Å². The van der Waals surface area contributed by atoms with E-state index in [1.165, 1.54) is 12.0 Å². The Morgan fingerprint density at radius 3 is 2.50 bits per heavy atom. The molecule has 9 nitrogen and oxygen atoms in total. The molecule has 1 saturated heterocycles. The van der Waals surface area contributed by atoms with Crippen molar-refractivity contribution in [1.29, 1.82) is 0 Å². The van der Waals surface area contributed by atoms with Crippen LogP contribution in [0.1, 0.15) is 27.2 Å². The monoisotopic (exact) mass is 390 g/mol. The maximum absolute atomic E-state index is 12.6. The van der Waals surface area contributed by atoms with Crippen molar-refractivity contribution in [3.05, 3.63) is 24.3 Å². The van der Waals surface area contributed by atoms with E-state index in [0.717, 1.165) is 4.90 Å². The number of anilines is 1. The molecule has 5 amide bonds. The minimum atomic E-state index is -1.05. The highest BCUT2D eigenvalue weighted by atomic mass is 16.5. The second kappa shape index (κ2) is 8.73. The Balaban J connectivity index is 2.04. The first-order chi connectivity index (χ1) is 13.2. The predicted octanol–water partition coefficient (Wildman–Crippen LogP) is 1.20. The molecule has 1 heterocycles. The van der Waals surface area contributed by atoms with Gasteiger partial charge in [0.25, 0.3) is 5.91 Å². The third-order valence-electron chi connectivity index (χ3n) is 4.30. The van der Waals surface area contributed by atoms with Gasteiger partial charge >= 0.3 is 6.03 Å². The normalized spacial score (nSPS) is 15.2. The molecular formula is C19H26N4O5. The Morgan fingerprint density at radius 1 is 1.25 bits per heavy atom. The van der Waals surface area contributed by atoms with Crippen LogP contribution < -0.4 is 15.4 Å². The second-order valence-electron chi connectivity index (χ2n) is 7.01. The van der Waals surface area contributed by atoms with E-state index in [2.05, 4.69) is 10.6 Å². The first kappa shape index (κ1) is 21.2. The van der Waals surface area contributed by atoms with Gasteiger partial charge in [-0.2, -0.15) is 0 Å². The summed E-state index contributed by atoms with van der Waals surface area (Å²) in [5.41, 5.74) is -0.552. The quantitative estimate of drug-likeness (QED) is 0.649. The van der Waals surface area contributed by atoms with E-state index < -0.39 is 35.8 Å². The number of nitrogens with zero attached hydrogens (tertiary/aromatic N) is 2. The number of rotatable bonds is 8. The first-order valence-electron chi connectivity index (χ1n) is 9.04. The lowest BCUT2D eigenvalue weighted by Gasteiger charge is -2.24. The number of hydrogen-bond donors (Lipinski definition) is 2. The Labute approximate surface area is 164 Å². The average Bonchev–Trinajstić information content (AvgIpc) is 2.83. The van der Waals surface area contributed by atoms with Gasteiger partial charge in [-0.1, -0.05) is 19.1 Å². The summed E-state index contributed by atoms with van der Waals surface area (Å²) in [5.74, 6) is -0.839. The number of para-hydroxylation sites is 2.